The maximum Gasteiger partial charge on any atom is 0.301 e. The zero-order valence-electron chi connectivity index (χ0n) is 11.2. The van der Waals surface area contributed by atoms with Gasteiger partial charge in [0.25, 0.3) is 0 Å². The van der Waals surface area contributed by atoms with Crippen molar-refractivity contribution in [3.8, 4) is 0 Å². The zero-order chi connectivity index (χ0) is 15.6. The largest absolute Gasteiger partial charge is 0.330 e. The minimum absolute atomic E-state index is 0.0123. The molecule has 0 radical (unpaired) electrons. The predicted octanol–water partition coefficient (Wildman–Crippen LogP) is 1.43. The van der Waals surface area contributed by atoms with Crippen LogP contribution in [-0.4, -0.2) is 32.4 Å². The molecule has 1 aromatic carbocycles. The summed E-state index contributed by atoms with van der Waals surface area (Å²) in [6, 6.07) is 0.833. The first kappa shape index (κ1) is 16.1. The lowest BCUT2D eigenvalue weighted by Gasteiger charge is -2.31. The number of nitrogens with two attached hydrogens (primary N) is 1. The van der Waals surface area contributed by atoms with Gasteiger partial charge < -0.3 is 5.73 Å². The van der Waals surface area contributed by atoms with E-state index in [2.05, 4.69) is 0 Å². The van der Waals surface area contributed by atoms with Crippen LogP contribution in [0.2, 0.25) is 0 Å². The molecule has 2 rings (SSSR count). The summed E-state index contributed by atoms with van der Waals surface area (Å²) in [6.45, 7) is 0.776. The number of hydrogen-bond acceptors (Lipinski definition) is 3. The number of nitrogens with zero attached hydrogens (tertiary/aromatic N) is 1. The highest BCUT2D eigenvalue weighted by Gasteiger charge is 2.29. The van der Waals surface area contributed by atoms with Crippen molar-refractivity contribution in [3.63, 3.8) is 0 Å². The van der Waals surface area contributed by atoms with Gasteiger partial charge in [-0.3, -0.25) is 4.72 Å². The van der Waals surface area contributed by atoms with Gasteiger partial charge in [-0.25, -0.2) is 13.2 Å². The topological polar surface area (TPSA) is 75.4 Å². The van der Waals surface area contributed by atoms with E-state index in [0.29, 0.717) is 25.1 Å². The Morgan fingerprint density at radius 1 is 1.29 bits per heavy atom. The highest BCUT2D eigenvalue weighted by molar-refractivity contribution is 7.90. The number of anilines is 1. The molecule has 0 amide bonds. The Bertz CT molecular complexity index is 601. The molecule has 118 valence electrons. The van der Waals surface area contributed by atoms with E-state index < -0.39 is 33.3 Å². The molecule has 5 nitrogen and oxygen atoms in total. The quantitative estimate of drug-likeness (QED) is 0.880. The van der Waals surface area contributed by atoms with Crippen LogP contribution in [0.4, 0.5) is 18.9 Å². The molecule has 1 atom stereocenters. The lowest BCUT2D eigenvalue weighted by molar-refractivity contribution is 0.272. The minimum atomic E-state index is -4.11. The lowest BCUT2D eigenvalue weighted by atomic mass is 10.0. The van der Waals surface area contributed by atoms with Crippen molar-refractivity contribution < 1.29 is 21.6 Å². The fourth-order valence-electron chi connectivity index (χ4n) is 2.27. The van der Waals surface area contributed by atoms with E-state index >= 15 is 0 Å². The van der Waals surface area contributed by atoms with E-state index in [1.165, 1.54) is 0 Å². The minimum Gasteiger partial charge on any atom is -0.330 e. The molecule has 21 heavy (non-hydrogen) atoms. The van der Waals surface area contributed by atoms with E-state index in [4.69, 9.17) is 5.73 Å². The molecule has 0 saturated carbocycles. The van der Waals surface area contributed by atoms with Gasteiger partial charge in [-0.15, -0.1) is 0 Å². The lowest BCUT2D eigenvalue weighted by Crippen LogP contribution is -2.44. The van der Waals surface area contributed by atoms with Gasteiger partial charge in [0, 0.05) is 25.2 Å². The summed E-state index contributed by atoms with van der Waals surface area (Å²) in [4.78, 5) is 0. The second kappa shape index (κ2) is 6.20. The van der Waals surface area contributed by atoms with Gasteiger partial charge >= 0.3 is 10.2 Å². The highest BCUT2D eigenvalue weighted by Crippen LogP contribution is 2.24. The molecule has 1 fully saturated rings. The van der Waals surface area contributed by atoms with Crippen molar-refractivity contribution >= 4 is 15.9 Å². The second-order valence-corrected chi connectivity index (χ2v) is 6.62. The van der Waals surface area contributed by atoms with Crippen LogP contribution < -0.4 is 10.5 Å². The third-order valence-corrected chi connectivity index (χ3v) is 4.87. The van der Waals surface area contributed by atoms with Gasteiger partial charge in [0.1, 0.15) is 11.5 Å². The third kappa shape index (κ3) is 3.66. The second-order valence-electron chi connectivity index (χ2n) is 4.95. The molecule has 3 N–H and O–H groups in total. The number of nitrogens with one attached hydrogen (secondary N) is 1. The smallest absolute Gasteiger partial charge is 0.301 e. The summed E-state index contributed by atoms with van der Waals surface area (Å²) in [5, 5.41) is 0. The van der Waals surface area contributed by atoms with Gasteiger partial charge in [0.2, 0.25) is 0 Å². The van der Waals surface area contributed by atoms with Gasteiger partial charge in [-0.05, 0) is 25.3 Å². The first-order valence-electron chi connectivity index (χ1n) is 6.46. The standard InChI is InChI=1S/C12H16F3N3O2S/c13-9-4-10(14)12(11(15)5-9)17-21(19,20)18-3-1-2-8(6-16)7-18/h4-5,8,17H,1-3,6-7,16H2. The van der Waals surface area contributed by atoms with Crippen molar-refractivity contribution in [1.82, 2.24) is 4.31 Å². The van der Waals surface area contributed by atoms with Gasteiger partial charge in [-0.1, -0.05) is 0 Å². The summed E-state index contributed by atoms with van der Waals surface area (Å²) >= 11 is 0. The van der Waals surface area contributed by atoms with Gasteiger partial charge in [0.05, 0.1) is 0 Å². The SMILES string of the molecule is NCC1CCCN(S(=O)(=O)Nc2c(F)cc(F)cc2F)C1. The first-order valence-corrected chi connectivity index (χ1v) is 7.90. The molecule has 0 bridgehead atoms. The maximum absolute atomic E-state index is 13.5. The Hall–Kier alpha value is -1.32. The molecule has 1 heterocycles. The fourth-order valence-corrected chi connectivity index (χ4v) is 3.63. The molecule has 1 aromatic rings. The molecule has 1 aliphatic heterocycles. The van der Waals surface area contributed by atoms with Crippen LogP contribution >= 0.6 is 0 Å². The van der Waals surface area contributed by atoms with Crippen molar-refractivity contribution in [3.05, 3.63) is 29.6 Å². The summed E-state index contributed by atoms with van der Waals surface area (Å²) in [7, 11) is -4.11. The Kier molecular flexibility index (Phi) is 4.74. The van der Waals surface area contributed by atoms with Crippen molar-refractivity contribution in [2.45, 2.75) is 12.8 Å². The Balaban J connectivity index is 2.22. The number of benzene rings is 1. The molecule has 1 unspecified atom stereocenters. The van der Waals surface area contributed by atoms with Crippen LogP contribution in [0, 0.1) is 23.4 Å². The average Bonchev–Trinajstić information content (AvgIpc) is 2.43. The molecule has 0 spiro atoms. The Labute approximate surface area is 121 Å². The maximum atomic E-state index is 13.5. The predicted molar refractivity (Wildman–Crippen MR) is 72.2 cm³/mol. The monoisotopic (exact) mass is 323 g/mol. The molecule has 9 heteroatoms. The Morgan fingerprint density at radius 2 is 1.90 bits per heavy atom. The number of piperidine rings is 1. The molecular weight excluding hydrogens is 307 g/mol. The van der Waals surface area contributed by atoms with Crippen molar-refractivity contribution in [1.29, 1.82) is 0 Å². The zero-order valence-corrected chi connectivity index (χ0v) is 12.0. The number of halogens is 3. The van der Waals surface area contributed by atoms with E-state index in [1.54, 1.807) is 0 Å². The number of hydrogen-bond donors (Lipinski definition) is 2. The van der Waals surface area contributed by atoms with Gasteiger partial charge in [0.15, 0.2) is 11.6 Å². The van der Waals surface area contributed by atoms with Gasteiger partial charge in [-0.2, -0.15) is 12.7 Å². The fraction of sp³-hybridized carbons (Fsp3) is 0.500. The summed E-state index contributed by atoms with van der Waals surface area (Å²) in [5.41, 5.74) is 4.64. The summed E-state index contributed by atoms with van der Waals surface area (Å²) < 4.78 is 67.1. The third-order valence-electron chi connectivity index (χ3n) is 3.39. The number of rotatable bonds is 4. The first-order chi connectivity index (χ1) is 9.83. The van der Waals surface area contributed by atoms with Crippen LogP contribution in [0.5, 0.6) is 0 Å². The average molecular weight is 323 g/mol. The summed E-state index contributed by atoms with van der Waals surface area (Å²) in [5.74, 6) is -3.71. The van der Waals surface area contributed by atoms with E-state index in [9.17, 15) is 21.6 Å². The van der Waals surface area contributed by atoms with Crippen LogP contribution in [0.25, 0.3) is 0 Å². The van der Waals surface area contributed by atoms with Crippen LogP contribution in [0.1, 0.15) is 12.8 Å². The molecular formula is C12H16F3N3O2S. The Morgan fingerprint density at radius 3 is 2.48 bits per heavy atom. The molecule has 0 aliphatic carbocycles. The van der Waals surface area contributed by atoms with Crippen LogP contribution in [-0.2, 0) is 10.2 Å². The van der Waals surface area contributed by atoms with E-state index in [0.717, 1.165) is 10.7 Å². The van der Waals surface area contributed by atoms with E-state index in [-0.39, 0.29) is 19.0 Å². The molecule has 0 aromatic heterocycles. The van der Waals surface area contributed by atoms with Crippen LogP contribution in [0.15, 0.2) is 12.1 Å². The summed E-state index contributed by atoms with van der Waals surface area (Å²) in [6.07, 6.45) is 1.43. The van der Waals surface area contributed by atoms with Crippen LogP contribution in [0.3, 0.4) is 0 Å². The van der Waals surface area contributed by atoms with E-state index in [1.807, 2.05) is 4.72 Å². The van der Waals surface area contributed by atoms with Crippen molar-refractivity contribution in [2.75, 3.05) is 24.4 Å². The molecule has 1 saturated heterocycles. The molecule has 1 aliphatic rings. The highest BCUT2D eigenvalue weighted by atomic mass is 32.2. The van der Waals surface area contributed by atoms with Crippen molar-refractivity contribution in [2.24, 2.45) is 11.7 Å². The normalized spacial score (nSPS) is 20.5.